The molecule has 0 unspecified atom stereocenters. The first kappa shape index (κ1) is 26.6. The van der Waals surface area contributed by atoms with Crippen LogP contribution in [0.5, 0.6) is 17.2 Å². The summed E-state index contributed by atoms with van der Waals surface area (Å²) in [6, 6.07) is 6.57. The van der Waals surface area contributed by atoms with E-state index in [4.69, 9.17) is 14.2 Å². The highest BCUT2D eigenvalue weighted by Crippen LogP contribution is 2.50. The molecule has 0 bridgehead atoms. The maximum absolute atomic E-state index is 13.1. The molecule has 0 radical (unpaired) electrons. The average molecular weight is 502 g/mol. The molecule has 1 atom stereocenters. The van der Waals surface area contributed by atoms with Crippen molar-refractivity contribution in [3.8, 4) is 28.4 Å². The number of nitrogens with zero attached hydrogens (tertiary/aromatic N) is 2. The number of nitrogens with one attached hydrogen (secondary N) is 1. The van der Waals surface area contributed by atoms with Gasteiger partial charge in [-0.2, -0.15) is 0 Å². The fourth-order valence-electron chi connectivity index (χ4n) is 4.46. The SMILES string of the molecule is COc1cc2c(c(OC)c1OC)-c1ccc(N(C)C)c(=O)cc1[C@@H](NC(=O)CCCO[N+](=O)[O-])CC2. The van der Waals surface area contributed by atoms with Crippen molar-refractivity contribution in [3.05, 3.63) is 55.7 Å². The van der Waals surface area contributed by atoms with Gasteiger partial charge in [0.2, 0.25) is 17.1 Å². The lowest BCUT2D eigenvalue weighted by atomic mass is 9.95. The second-order valence-electron chi connectivity index (χ2n) is 8.49. The van der Waals surface area contributed by atoms with Crippen LogP contribution in [0.3, 0.4) is 0 Å². The number of carbonyl (C=O) groups is 1. The highest BCUT2D eigenvalue weighted by Gasteiger charge is 2.29. The molecular weight excluding hydrogens is 470 g/mol. The molecule has 11 nitrogen and oxygen atoms in total. The Morgan fingerprint density at radius 2 is 1.86 bits per heavy atom. The lowest BCUT2D eigenvalue weighted by Gasteiger charge is -2.20. The Hall–Kier alpha value is -4.02. The fourth-order valence-corrected chi connectivity index (χ4v) is 4.46. The van der Waals surface area contributed by atoms with Gasteiger partial charge in [0, 0.05) is 26.1 Å². The zero-order valence-corrected chi connectivity index (χ0v) is 21.1. The third kappa shape index (κ3) is 5.61. The quantitative estimate of drug-likeness (QED) is 0.297. The van der Waals surface area contributed by atoms with E-state index in [0.717, 1.165) is 16.7 Å². The summed E-state index contributed by atoms with van der Waals surface area (Å²) in [5, 5.41) is 12.5. The fraction of sp³-hybridized carbons (Fsp3) is 0.440. The van der Waals surface area contributed by atoms with Crippen molar-refractivity contribution in [2.45, 2.75) is 31.7 Å². The van der Waals surface area contributed by atoms with Crippen LogP contribution in [0, 0.1) is 10.1 Å². The summed E-state index contributed by atoms with van der Waals surface area (Å²) in [5.41, 5.74) is 3.36. The molecule has 0 saturated heterocycles. The van der Waals surface area contributed by atoms with Crippen molar-refractivity contribution >= 4 is 11.6 Å². The maximum atomic E-state index is 13.1. The molecule has 3 rings (SSSR count). The number of carbonyl (C=O) groups excluding carboxylic acids is 1. The van der Waals surface area contributed by atoms with Crippen LogP contribution in [0.2, 0.25) is 0 Å². The van der Waals surface area contributed by atoms with E-state index >= 15 is 0 Å². The summed E-state index contributed by atoms with van der Waals surface area (Å²) >= 11 is 0. The number of amides is 1. The average Bonchev–Trinajstić information content (AvgIpc) is 3.09. The minimum atomic E-state index is -0.884. The van der Waals surface area contributed by atoms with Gasteiger partial charge >= 0.3 is 0 Å². The topological polar surface area (TPSA) is 129 Å². The molecule has 0 fully saturated rings. The zero-order chi connectivity index (χ0) is 26.4. The molecule has 1 aliphatic carbocycles. The van der Waals surface area contributed by atoms with E-state index in [2.05, 4.69) is 10.2 Å². The molecule has 2 aromatic carbocycles. The molecule has 1 amide bonds. The third-order valence-electron chi connectivity index (χ3n) is 6.08. The maximum Gasteiger partial charge on any atom is 0.294 e. The molecule has 11 heteroatoms. The van der Waals surface area contributed by atoms with Crippen LogP contribution in [-0.4, -0.2) is 53.0 Å². The molecule has 0 heterocycles. The number of hydrogen-bond donors (Lipinski definition) is 1. The van der Waals surface area contributed by atoms with E-state index in [-0.39, 0.29) is 30.8 Å². The van der Waals surface area contributed by atoms with Gasteiger partial charge in [0.25, 0.3) is 5.09 Å². The Bertz CT molecular complexity index is 1200. The Kier molecular flexibility index (Phi) is 8.57. The van der Waals surface area contributed by atoms with Crippen molar-refractivity contribution in [3.63, 3.8) is 0 Å². The van der Waals surface area contributed by atoms with E-state index in [1.54, 1.807) is 45.3 Å². The minimum absolute atomic E-state index is 0.0454. The van der Waals surface area contributed by atoms with Gasteiger partial charge in [-0.3, -0.25) is 9.59 Å². The first-order chi connectivity index (χ1) is 17.2. The molecule has 1 aliphatic rings. The first-order valence-electron chi connectivity index (χ1n) is 11.5. The molecule has 194 valence electrons. The van der Waals surface area contributed by atoms with E-state index in [0.29, 0.717) is 41.3 Å². The van der Waals surface area contributed by atoms with Gasteiger partial charge in [0.1, 0.15) is 0 Å². The standard InChI is InChI=1S/C25H31N3O8/c1-27(2)19-11-9-16-17(14-20(19)29)18(26-22(30)7-6-12-36-28(31)32)10-8-15-13-21(33-3)24(34-4)25(35-5)23(15)16/h9,11,13-14,18H,6-8,10,12H2,1-5H3,(H,26,30)/t18-/m0/s1. The summed E-state index contributed by atoms with van der Waals surface area (Å²) < 4.78 is 16.9. The van der Waals surface area contributed by atoms with Crippen molar-refractivity contribution in [1.29, 1.82) is 0 Å². The van der Waals surface area contributed by atoms with E-state index < -0.39 is 11.1 Å². The Morgan fingerprint density at radius 1 is 1.14 bits per heavy atom. The minimum Gasteiger partial charge on any atom is -0.493 e. The van der Waals surface area contributed by atoms with Crippen molar-refractivity contribution in [2.75, 3.05) is 46.9 Å². The van der Waals surface area contributed by atoms with Gasteiger partial charge in [0.15, 0.2) is 11.5 Å². The smallest absolute Gasteiger partial charge is 0.294 e. The second-order valence-corrected chi connectivity index (χ2v) is 8.49. The summed E-state index contributed by atoms with van der Waals surface area (Å²) in [7, 11) is 8.20. The van der Waals surface area contributed by atoms with Crippen LogP contribution >= 0.6 is 0 Å². The van der Waals surface area contributed by atoms with Crippen LogP contribution in [0.1, 0.15) is 36.4 Å². The number of fused-ring (bicyclic) bond motifs is 3. The summed E-state index contributed by atoms with van der Waals surface area (Å²) in [6.45, 7) is -0.171. The van der Waals surface area contributed by atoms with Gasteiger partial charge in [-0.05, 0) is 54.2 Å². The van der Waals surface area contributed by atoms with E-state index in [9.17, 15) is 19.7 Å². The van der Waals surface area contributed by atoms with Gasteiger partial charge in [-0.25, -0.2) is 0 Å². The molecule has 0 aliphatic heterocycles. The highest BCUT2D eigenvalue weighted by molar-refractivity contribution is 5.84. The molecule has 36 heavy (non-hydrogen) atoms. The summed E-state index contributed by atoms with van der Waals surface area (Å²) in [6.07, 6.45) is 1.31. The Labute approximate surface area is 209 Å². The number of aryl methyl sites for hydroxylation is 1. The van der Waals surface area contributed by atoms with Crippen molar-refractivity contribution in [1.82, 2.24) is 5.32 Å². The number of hydrogen-bond acceptors (Lipinski definition) is 9. The van der Waals surface area contributed by atoms with E-state index in [1.807, 2.05) is 12.1 Å². The zero-order valence-electron chi connectivity index (χ0n) is 21.1. The number of methoxy groups -OCH3 is 3. The van der Waals surface area contributed by atoms with Crippen LogP contribution in [0.25, 0.3) is 11.1 Å². The van der Waals surface area contributed by atoms with Crippen molar-refractivity contribution < 1.29 is 28.9 Å². The van der Waals surface area contributed by atoms with Crippen molar-refractivity contribution in [2.24, 2.45) is 0 Å². The third-order valence-corrected chi connectivity index (χ3v) is 6.08. The number of ether oxygens (including phenoxy) is 3. The molecule has 0 aromatic heterocycles. The van der Waals surface area contributed by atoms with Crippen LogP contribution < -0.4 is 29.9 Å². The normalized spacial score (nSPS) is 14.0. The monoisotopic (exact) mass is 501 g/mol. The number of benzene rings is 1. The molecule has 0 spiro atoms. The number of rotatable bonds is 10. The summed E-state index contributed by atoms with van der Waals surface area (Å²) in [5.74, 6) is 1.13. The Balaban J connectivity index is 2.14. The predicted octanol–water partition coefficient (Wildman–Crippen LogP) is 2.90. The molecule has 0 saturated carbocycles. The van der Waals surface area contributed by atoms with Gasteiger partial charge in [-0.1, -0.05) is 6.07 Å². The van der Waals surface area contributed by atoms with Crippen LogP contribution in [0.15, 0.2) is 29.1 Å². The molecular formula is C25H31N3O8. The molecule has 2 aromatic rings. The largest absolute Gasteiger partial charge is 0.493 e. The summed E-state index contributed by atoms with van der Waals surface area (Å²) in [4.78, 5) is 42.2. The van der Waals surface area contributed by atoms with Gasteiger partial charge in [0.05, 0.1) is 39.7 Å². The second kappa shape index (κ2) is 11.6. The lowest BCUT2D eigenvalue weighted by molar-refractivity contribution is -0.757. The first-order valence-corrected chi connectivity index (χ1v) is 11.5. The van der Waals surface area contributed by atoms with Gasteiger partial charge < -0.3 is 29.3 Å². The highest BCUT2D eigenvalue weighted by atomic mass is 16.9. The van der Waals surface area contributed by atoms with Crippen LogP contribution in [0.4, 0.5) is 5.69 Å². The van der Waals surface area contributed by atoms with Gasteiger partial charge in [-0.15, -0.1) is 10.1 Å². The number of anilines is 1. The Morgan fingerprint density at radius 3 is 2.47 bits per heavy atom. The lowest BCUT2D eigenvalue weighted by Crippen LogP contribution is -2.29. The molecule has 1 N–H and O–H groups in total. The van der Waals surface area contributed by atoms with E-state index in [1.165, 1.54) is 7.11 Å². The van der Waals surface area contributed by atoms with Crippen LogP contribution in [-0.2, 0) is 16.1 Å². The predicted molar refractivity (Wildman–Crippen MR) is 134 cm³/mol.